The smallest absolute Gasteiger partial charge is 0.222 e. The Morgan fingerprint density at radius 3 is 3.00 bits per heavy atom. The standard InChI is InChI=1S/C11H22N2O/c1-9-4-5-11(14)13(7-9)8-10(2)6-12-3/h9-10,12H,4-8H2,1-3H3. The number of piperidine rings is 1. The molecule has 0 aromatic heterocycles. The van der Waals surface area contributed by atoms with Crippen molar-refractivity contribution in [3.8, 4) is 0 Å². The maximum atomic E-state index is 11.6. The van der Waals surface area contributed by atoms with Gasteiger partial charge in [-0.2, -0.15) is 0 Å². The van der Waals surface area contributed by atoms with E-state index < -0.39 is 0 Å². The zero-order valence-electron chi connectivity index (χ0n) is 9.55. The summed E-state index contributed by atoms with van der Waals surface area (Å²) in [5.74, 6) is 1.56. The zero-order valence-corrected chi connectivity index (χ0v) is 9.55. The van der Waals surface area contributed by atoms with Crippen molar-refractivity contribution < 1.29 is 4.79 Å². The molecular formula is C11H22N2O. The molecule has 0 radical (unpaired) electrons. The van der Waals surface area contributed by atoms with Crippen LogP contribution in [0.15, 0.2) is 0 Å². The minimum atomic E-state index is 0.339. The van der Waals surface area contributed by atoms with Gasteiger partial charge in [-0.3, -0.25) is 4.79 Å². The average molecular weight is 198 g/mol. The molecule has 82 valence electrons. The lowest BCUT2D eigenvalue weighted by atomic mass is 9.98. The van der Waals surface area contributed by atoms with Crippen molar-refractivity contribution in [3.63, 3.8) is 0 Å². The summed E-state index contributed by atoms with van der Waals surface area (Å²) in [5.41, 5.74) is 0. The number of rotatable bonds is 4. The molecule has 1 aliphatic rings. The molecule has 0 aromatic carbocycles. The van der Waals surface area contributed by atoms with Gasteiger partial charge in [-0.1, -0.05) is 13.8 Å². The van der Waals surface area contributed by atoms with Gasteiger partial charge in [0.25, 0.3) is 0 Å². The van der Waals surface area contributed by atoms with E-state index >= 15 is 0 Å². The number of hydrogen-bond donors (Lipinski definition) is 1. The van der Waals surface area contributed by atoms with Crippen LogP contribution in [0.3, 0.4) is 0 Å². The second-order valence-corrected chi connectivity index (χ2v) is 4.61. The summed E-state index contributed by atoms with van der Waals surface area (Å²) < 4.78 is 0. The van der Waals surface area contributed by atoms with Crippen molar-refractivity contribution in [2.24, 2.45) is 11.8 Å². The molecular weight excluding hydrogens is 176 g/mol. The third-order valence-corrected chi connectivity index (χ3v) is 2.82. The highest BCUT2D eigenvalue weighted by molar-refractivity contribution is 5.76. The van der Waals surface area contributed by atoms with Crippen LogP contribution in [0.4, 0.5) is 0 Å². The van der Waals surface area contributed by atoms with E-state index in [1.165, 1.54) is 0 Å². The summed E-state index contributed by atoms with van der Waals surface area (Å²) in [5, 5.41) is 3.15. The van der Waals surface area contributed by atoms with Crippen LogP contribution >= 0.6 is 0 Å². The van der Waals surface area contributed by atoms with Crippen molar-refractivity contribution in [2.45, 2.75) is 26.7 Å². The van der Waals surface area contributed by atoms with Crippen molar-refractivity contribution in [2.75, 3.05) is 26.7 Å². The predicted molar refractivity (Wildman–Crippen MR) is 58.1 cm³/mol. The Kier molecular flexibility index (Phi) is 4.39. The van der Waals surface area contributed by atoms with Crippen LogP contribution in [-0.4, -0.2) is 37.5 Å². The molecule has 3 heteroatoms. The molecule has 0 bridgehead atoms. The second kappa shape index (κ2) is 5.35. The lowest BCUT2D eigenvalue weighted by Crippen LogP contribution is -2.42. The summed E-state index contributed by atoms with van der Waals surface area (Å²) in [7, 11) is 1.96. The number of carbonyl (C=O) groups is 1. The Bertz CT molecular complexity index is 194. The summed E-state index contributed by atoms with van der Waals surface area (Å²) in [6, 6.07) is 0. The van der Waals surface area contributed by atoms with Gasteiger partial charge >= 0.3 is 0 Å². The highest BCUT2D eigenvalue weighted by atomic mass is 16.2. The summed E-state index contributed by atoms with van der Waals surface area (Å²) in [6.45, 7) is 7.25. The first-order valence-electron chi connectivity index (χ1n) is 5.55. The van der Waals surface area contributed by atoms with Crippen LogP contribution in [0, 0.1) is 11.8 Å². The summed E-state index contributed by atoms with van der Waals surface area (Å²) in [6.07, 6.45) is 1.81. The molecule has 1 rings (SSSR count). The minimum Gasteiger partial charge on any atom is -0.342 e. The summed E-state index contributed by atoms with van der Waals surface area (Å²) in [4.78, 5) is 13.6. The first-order chi connectivity index (χ1) is 6.63. The lowest BCUT2D eigenvalue weighted by molar-refractivity contribution is -0.135. The molecule has 1 heterocycles. The van der Waals surface area contributed by atoms with Gasteiger partial charge in [-0.15, -0.1) is 0 Å². The molecule has 1 fully saturated rings. The van der Waals surface area contributed by atoms with Crippen LogP contribution < -0.4 is 5.32 Å². The van der Waals surface area contributed by atoms with Gasteiger partial charge < -0.3 is 10.2 Å². The highest BCUT2D eigenvalue weighted by Gasteiger charge is 2.23. The molecule has 1 N–H and O–H groups in total. The molecule has 1 saturated heterocycles. The molecule has 14 heavy (non-hydrogen) atoms. The van der Waals surface area contributed by atoms with E-state index in [-0.39, 0.29) is 0 Å². The maximum Gasteiger partial charge on any atom is 0.222 e. The number of likely N-dealkylation sites (tertiary alicyclic amines) is 1. The predicted octanol–water partition coefficient (Wildman–Crippen LogP) is 1.10. The van der Waals surface area contributed by atoms with Crippen molar-refractivity contribution in [3.05, 3.63) is 0 Å². The lowest BCUT2D eigenvalue weighted by Gasteiger charge is -2.32. The van der Waals surface area contributed by atoms with E-state index in [0.29, 0.717) is 17.7 Å². The van der Waals surface area contributed by atoms with Crippen LogP contribution in [0.25, 0.3) is 0 Å². The van der Waals surface area contributed by atoms with Crippen LogP contribution in [-0.2, 0) is 4.79 Å². The van der Waals surface area contributed by atoms with Gasteiger partial charge in [0.15, 0.2) is 0 Å². The van der Waals surface area contributed by atoms with Gasteiger partial charge in [0.1, 0.15) is 0 Å². The minimum absolute atomic E-state index is 0.339. The maximum absolute atomic E-state index is 11.6. The molecule has 2 unspecified atom stereocenters. The Morgan fingerprint density at radius 1 is 1.64 bits per heavy atom. The third-order valence-electron chi connectivity index (χ3n) is 2.82. The van der Waals surface area contributed by atoms with Gasteiger partial charge in [-0.05, 0) is 31.8 Å². The van der Waals surface area contributed by atoms with E-state index in [4.69, 9.17) is 0 Å². The molecule has 0 saturated carbocycles. The van der Waals surface area contributed by atoms with Gasteiger partial charge in [0.2, 0.25) is 5.91 Å². The van der Waals surface area contributed by atoms with Crippen molar-refractivity contribution in [1.82, 2.24) is 10.2 Å². The number of nitrogens with one attached hydrogen (secondary N) is 1. The summed E-state index contributed by atoms with van der Waals surface area (Å²) >= 11 is 0. The third kappa shape index (κ3) is 3.29. The Hall–Kier alpha value is -0.570. The molecule has 2 atom stereocenters. The molecule has 1 aliphatic heterocycles. The monoisotopic (exact) mass is 198 g/mol. The average Bonchev–Trinajstić information content (AvgIpc) is 2.12. The number of hydrogen-bond acceptors (Lipinski definition) is 2. The Morgan fingerprint density at radius 2 is 2.36 bits per heavy atom. The molecule has 0 aromatic rings. The van der Waals surface area contributed by atoms with E-state index in [1.807, 2.05) is 11.9 Å². The van der Waals surface area contributed by atoms with Crippen LogP contribution in [0.5, 0.6) is 0 Å². The molecule has 1 amide bonds. The Balaban J connectivity index is 2.37. The zero-order chi connectivity index (χ0) is 10.6. The van der Waals surface area contributed by atoms with Crippen molar-refractivity contribution in [1.29, 1.82) is 0 Å². The fourth-order valence-corrected chi connectivity index (χ4v) is 2.06. The van der Waals surface area contributed by atoms with E-state index in [0.717, 1.165) is 32.5 Å². The number of nitrogens with zero attached hydrogens (tertiary/aromatic N) is 1. The van der Waals surface area contributed by atoms with Crippen LogP contribution in [0.2, 0.25) is 0 Å². The first kappa shape index (κ1) is 11.5. The van der Waals surface area contributed by atoms with E-state index in [1.54, 1.807) is 0 Å². The molecule has 0 aliphatic carbocycles. The SMILES string of the molecule is CNCC(C)CN1CC(C)CCC1=O. The first-order valence-corrected chi connectivity index (χ1v) is 5.55. The normalized spacial score (nSPS) is 25.2. The highest BCUT2D eigenvalue weighted by Crippen LogP contribution is 2.17. The second-order valence-electron chi connectivity index (χ2n) is 4.61. The van der Waals surface area contributed by atoms with Gasteiger partial charge in [0.05, 0.1) is 0 Å². The molecule has 0 spiro atoms. The number of amides is 1. The number of carbonyl (C=O) groups excluding carboxylic acids is 1. The fraction of sp³-hybridized carbons (Fsp3) is 0.909. The van der Waals surface area contributed by atoms with E-state index in [9.17, 15) is 4.79 Å². The van der Waals surface area contributed by atoms with Gasteiger partial charge in [-0.25, -0.2) is 0 Å². The quantitative estimate of drug-likeness (QED) is 0.733. The molecule has 3 nitrogen and oxygen atoms in total. The topological polar surface area (TPSA) is 32.3 Å². The van der Waals surface area contributed by atoms with E-state index in [2.05, 4.69) is 19.2 Å². The largest absolute Gasteiger partial charge is 0.342 e. The van der Waals surface area contributed by atoms with Crippen LogP contribution in [0.1, 0.15) is 26.7 Å². The van der Waals surface area contributed by atoms with Gasteiger partial charge in [0, 0.05) is 19.5 Å². The fourth-order valence-electron chi connectivity index (χ4n) is 2.06. The van der Waals surface area contributed by atoms with Crippen molar-refractivity contribution >= 4 is 5.91 Å². The Labute approximate surface area is 86.9 Å².